The van der Waals surface area contributed by atoms with Crippen LogP contribution in [0.15, 0.2) is 6.07 Å². The smallest absolute Gasteiger partial charge is 0.274 e. The van der Waals surface area contributed by atoms with Gasteiger partial charge in [-0.25, -0.2) is 0 Å². The van der Waals surface area contributed by atoms with Gasteiger partial charge in [0.1, 0.15) is 5.69 Å². The lowest BCUT2D eigenvalue weighted by atomic mass is 9.96. The lowest BCUT2D eigenvalue weighted by Crippen LogP contribution is -2.32. The van der Waals surface area contributed by atoms with E-state index in [2.05, 4.69) is 24.0 Å². The lowest BCUT2D eigenvalue weighted by molar-refractivity contribution is 0.0754. The molecule has 1 fully saturated rings. The fourth-order valence-corrected chi connectivity index (χ4v) is 3.10. The predicted octanol–water partition coefficient (Wildman–Crippen LogP) is 3.40. The molecule has 0 spiro atoms. The number of likely N-dealkylation sites (tertiary alicyclic amines) is 1. The fourth-order valence-electron chi connectivity index (χ4n) is 3.10. The zero-order valence-corrected chi connectivity index (χ0v) is 12.8. The van der Waals surface area contributed by atoms with Crippen molar-refractivity contribution < 1.29 is 4.79 Å². The first-order chi connectivity index (χ1) is 9.74. The van der Waals surface area contributed by atoms with E-state index in [4.69, 9.17) is 0 Å². The number of nitrogens with zero attached hydrogens (tertiary/aromatic N) is 2. The number of aromatic amines is 1. The van der Waals surface area contributed by atoms with Crippen molar-refractivity contribution >= 4 is 5.91 Å². The van der Waals surface area contributed by atoms with Crippen LogP contribution in [0.5, 0.6) is 0 Å². The fraction of sp³-hybridized carbons (Fsp3) is 0.750. The molecule has 0 aromatic carbocycles. The summed E-state index contributed by atoms with van der Waals surface area (Å²) in [4.78, 5) is 14.5. The molecule has 2 heterocycles. The average Bonchev–Trinajstić information content (AvgIpc) is 2.78. The Bertz CT molecular complexity index is 427. The molecule has 1 aliphatic rings. The summed E-state index contributed by atoms with van der Waals surface area (Å²) in [5, 5.41) is 7.15. The van der Waals surface area contributed by atoms with E-state index in [0.29, 0.717) is 5.69 Å². The van der Waals surface area contributed by atoms with E-state index in [9.17, 15) is 4.79 Å². The molecule has 112 valence electrons. The van der Waals surface area contributed by atoms with Crippen LogP contribution in [0.3, 0.4) is 0 Å². The molecule has 20 heavy (non-hydrogen) atoms. The molecule has 0 aliphatic carbocycles. The first-order valence-corrected chi connectivity index (χ1v) is 8.08. The second-order valence-electron chi connectivity index (χ2n) is 5.91. The highest BCUT2D eigenvalue weighted by Gasteiger charge is 2.22. The predicted molar refractivity (Wildman–Crippen MR) is 80.7 cm³/mol. The van der Waals surface area contributed by atoms with Crippen LogP contribution in [0.25, 0.3) is 0 Å². The number of hydrogen-bond donors (Lipinski definition) is 1. The van der Waals surface area contributed by atoms with Crippen molar-refractivity contribution in [1.82, 2.24) is 15.1 Å². The lowest BCUT2D eigenvalue weighted by Gasteiger charge is -2.19. The summed E-state index contributed by atoms with van der Waals surface area (Å²) in [5.74, 6) is 0.897. The summed E-state index contributed by atoms with van der Waals surface area (Å²) in [6.45, 7) is 6.15. The molecule has 1 aliphatic heterocycles. The van der Waals surface area contributed by atoms with Crippen LogP contribution in [0, 0.1) is 5.92 Å². The standard InChI is InChI=1S/C16H27N3O/c1-3-6-13-8-5-10-19(11-9-13)16(20)15-12-14(7-4-2)17-18-15/h12-13H,3-11H2,1-2H3,(H,17,18). The largest absolute Gasteiger partial charge is 0.337 e. The van der Waals surface area contributed by atoms with E-state index in [0.717, 1.165) is 50.4 Å². The molecule has 0 bridgehead atoms. The van der Waals surface area contributed by atoms with Crippen molar-refractivity contribution in [2.75, 3.05) is 13.1 Å². The minimum atomic E-state index is 0.0979. The molecular weight excluding hydrogens is 250 g/mol. The van der Waals surface area contributed by atoms with E-state index < -0.39 is 0 Å². The maximum atomic E-state index is 12.5. The average molecular weight is 277 g/mol. The van der Waals surface area contributed by atoms with Gasteiger partial charge in [0.15, 0.2) is 0 Å². The van der Waals surface area contributed by atoms with E-state index in [-0.39, 0.29) is 5.91 Å². The molecule has 0 saturated carbocycles. The third-order valence-electron chi connectivity index (χ3n) is 4.20. The van der Waals surface area contributed by atoms with Crippen molar-refractivity contribution in [3.05, 3.63) is 17.5 Å². The molecule has 1 unspecified atom stereocenters. The molecule has 1 atom stereocenters. The quantitative estimate of drug-likeness (QED) is 0.896. The normalized spacial score (nSPS) is 19.9. The van der Waals surface area contributed by atoms with Gasteiger partial charge in [0, 0.05) is 18.8 Å². The number of rotatable bonds is 5. The summed E-state index contributed by atoms with van der Waals surface area (Å²) >= 11 is 0. The van der Waals surface area contributed by atoms with E-state index in [1.165, 1.54) is 19.3 Å². The Morgan fingerprint density at radius 2 is 2.20 bits per heavy atom. The van der Waals surface area contributed by atoms with Crippen molar-refractivity contribution in [2.45, 2.75) is 58.8 Å². The maximum absolute atomic E-state index is 12.5. The number of aromatic nitrogens is 2. The van der Waals surface area contributed by atoms with Crippen molar-refractivity contribution in [1.29, 1.82) is 0 Å². The van der Waals surface area contributed by atoms with Crippen LogP contribution in [-0.4, -0.2) is 34.1 Å². The van der Waals surface area contributed by atoms with Crippen LogP contribution in [0.1, 0.15) is 68.6 Å². The van der Waals surface area contributed by atoms with Gasteiger partial charge in [-0.05, 0) is 37.7 Å². The Kier molecular flexibility index (Phi) is 5.62. The van der Waals surface area contributed by atoms with Crippen molar-refractivity contribution in [3.8, 4) is 0 Å². The molecule has 1 amide bonds. The SMILES string of the molecule is CCCc1cc(C(=O)N2CCCC(CCC)CC2)n[nH]1. The Labute approximate surface area is 121 Å². The number of carbonyl (C=O) groups excluding carboxylic acids is 1. The van der Waals surface area contributed by atoms with Gasteiger partial charge in [0.25, 0.3) is 5.91 Å². The summed E-state index contributed by atoms with van der Waals surface area (Å²) in [5.41, 5.74) is 1.65. The molecule has 1 N–H and O–H groups in total. The Morgan fingerprint density at radius 3 is 2.95 bits per heavy atom. The minimum absolute atomic E-state index is 0.0979. The highest BCUT2D eigenvalue weighted by molar-refractivity contribution is 5.92. The van der Waals surface area contributed by atoms with Gasteiger partial charge in [0.05, 0.1) is 0 Å². The van der Waals surface area contributed by atoms with Gasteiger partial charge in [-0.2, -0.15) is 5.10 Å². The first-order valence-electron chi connectivity index (χ1n) is 8.08. The van der Waals surface area contributed by atoms with E-state index in [1.807, 2.05) is 11.0 Å². The van der Waals surface area contributed by atoms with Crippen LogP contribution >= 0.6 is 0 Å². The molecule has 1 aromatic rings. The van der Waals surface area contributed by atoms with Gasteiger partial charge < -0.3 is 4.90 Å². The van der Waals surface area contributed by atoms with Crippen LogP contribution in [0.4, 0.5) is 0 Å². The zero-order chi connectivity index (χ0) is 14.4. The zero-order valence-electron chi connectivity index (χ0n) is 12.8. The third kappa shape index (κ3) is 3.84. The second kappa shape index (κ2) is 7.46. The first kappa shape index (κ1) is 15.1. The number of H-pyrrole nitrogens is 1. The number of aryl methyl sites for hydroxylation is 1. The molecular formula is C16H27N3O. The Morgan fingerprint density at radius 1 is 1.35 bits per heavy atom. The monoisotopic (exact) mass is 277 g/mol. The number of hydrogen-bond acceptors (Lipinski definition) is 2. The van der Waals surface area contributed by atoms with Gasteiger partial charge in [-0.3, -0.25) is 9.89 Å². The van der Waals surface area contributed by atoms with Gasteiger partial charge in [-0.15, -0.1) is 0 Å². The highest BCUT2D eigenvalue weighted by Crippen LogP contribution is 2.22. The second-order valence-corrected chi connectivity index (χ2v) is 5.91. The van der Waals surface area contributed by atoms with E-state index >= 15 is 0 Å². The molecule has 4 heteroatoms. The summed E-state index contributed by atoms with van der Waals surface area (Å²) in [6, 6.07) is 1.92. The third-order valence-corrected chi connectivity index (χ3v) is 4.20. The Hall–Kier alpha value is -1.32. The summed E-state index contributed by atoms with van der Waals surface area (Å²) in [7, 11) is 0. The van der Waals surface area contributed by atoms with Crippen LogP contribution in [0.2, 0.25) is 0 Å². The van der Waals surface area contributed by atoms with Crippen LogP contribution in [-0.2, 0) is 6.42 Å². The highest BCUT2D eigenvalue weighted by atomic mass is 16.2. The molecule has 4 nitrogen and oxygen atoms in total. The van der Waals surface area contributed by atoms with Gasteiger partial charge in [-0.1, -0.05) is 33.1 Å². The summed E-state index contributed by atoms with van der Waals surface area (Å²) < 4.78 is 0. The number of nitrogens with one attached hydrogen (secondary N) is 1. The molecule has 1 aromatic heterocycles. The topological polar surface area (TPSA) is 49.0 Å². The van der Waals surface area contributed by atoms with Gasteiger partial charge in [0.2, 0.25) is 0 Å². The molecule has 0 radical (unpaired) electrons. The summed E-state index contributed by atoms with van der Waals surface area (Å²) in [6.07, 6.45) is 8.11. The number of amides is 1. The van der Waals surface area contributed by atoms with Crippen molar-refractivity contribution in [2.24, 2.45) is 5.92 Å². The maximum Gasteiger partial charge on any atom is 0.274 e. The molecule has 1 saturated heterocycles. The minimum Gasteiger partial charge on any atom is -0.337 e. The Balaban J connectivity index is 1.94. The van der Waals surface area contributed by atoms with Crippen molar-refractivity contribution in [3.63, 3.8) is 0 Å². The number of carbonyl (C=O) groups is 1. The molecule has 2 rings (SSSR count). The van der Waals surface area contributed by atoms with Crippen LogP contribution < -0.4 is 0 Å². The van der Waals surface area contributed by atoms with Gasteiger partial charge >= 0.3 is 0 Å². The van der Waals surface area contributed by atoms with E-state index in [1.54, 1.807) is 0 Å².